The third-order valence-corrected chi connectivity index (χ3v) is 6.75. The van der Waals surface area contributed by atoms with Crippen LogP contribution in [0.1, 0.15) is 5.56 Å². The molecular formula is C22H13ClN4O2S2. The summed E-state index contributed by atoms with van der Waals surface area (Å²) in [6.45, 7) is 0. The first kappa shape index (κ1) is 19.7. The first-order chi connectivity index (χ1) is 15.1. The second-order valence-corrected chi connectivity index (χ2v) is 9.00. The molecule has 0 spiro atoms. The number of nitro groups is 1. The summed E-state index contributed by atoms with van der Waals surface area (Å²) in [5, 5.41) is 17.4. The van der Waals surface area contributed by atoms with Gasteiger partial charge in [-0.05, 0) is 36.4 Å². The number of aromatic nitrogens is 1. The Bertz CT molecular complexity index is 1340. The number of halogens is 1. The molecule has 6 nitrogen and oxygen atoms in total. The first-order valence-electron chi connectivity index (χ1n) is 9.20. The maximum atomic E-state index is 10.9. The molecular weight excluding hydrogens is 452 g/mol. The molecule has 0 bridgehead atoms. The number of nitrogens with zero attached hydrogens (tertiary/aromatic N) is 3. The van der Waals surface area contributed by atoms with Gasteiger partial charge >= 0.3 is 0 Å². The van der Waals surface area contributed by atoms with Gasteiger partial charge in [-0.25, -0.2) is 9.98 Å². The van der Waals surface area contributed by atoms with Crippen molar-refractivity contribution in [1.29, 1.82) is 0 Å². The zero-order chi connectivity index (χ0) is 21.4. The lowest BCUT2D eigenvalue weighted by Crippen LogP contribution is -2.13. The predicted octanol–water partition coefficient (Wildman–Crippen LogP) is 7.03. The van der Waals surface area contributed by atoms with Crippen LogP contribution in [0.3, 0.4) is 0 Å². The van der Waals surface area contributed by atoms with Gasteiger partial charge in [-0.15, -0.1) is 11.3 Å². The molecule has 0 saturated carbocycles. The summed E-state index contributed by atoms with van der Waals surface area (Å²) in [4.78, 5) is 22.0. The van der Waals surface area contributed by atoms with E-state index in [1.165, 1.54) is 23.5 Å². The number of non-ortho nitro benzene ring substituents is 1. The van der Waals surface area contributed by atoms with Crippen molar-refractivity contribution < 1.29 is 4.92 Å². The molecule has 9 heteroatoms. The number of nitro benzene ring substituents is 1. The molecule has 0 atom stereocenters. The molecule has 1 aliphatic heterocycles. The minimum Gasteiger partial charge on any atom is -0.339 e. The molecule has 0 radical (unpaired) electrons. The molecule has 1 N–H and O–H groups in total. The Morgan fingerprint density at radius 1 is 1.03 bits per heavy atom. The summed E-state index contributed by atoms with van der Waals surface area (Å²) in [6.07, 6.45) is 0. The number of thiazole rings is 1. The van der Waals surface area contributed by atoms with E-state index in [2.05, 4.69) is 16.4 Å². The van der Waals surface area contributed by atoms with E-state index in [-0.39, 0.29) is 5.69 Å². The Balaban J connectivity index is 1.53. The second-order valence-electron chi connectivity index (χ2n) is 6.64. The molecule has 0 saturated heterocycles. The Labute approximate surface area is 190 Å². The Hall–Kier alpha value is -3.20. The predicted molar refractivity (Wildman–Crippen MR) is 126 cm³/mol. The van der Waals surface area contributed by atoms with E-state index in [0.29, 0.717) is 16.0 Å². The van der Waals surface area contributed by atoms with Gasteiger partial charge in [0, 0.05) is 43.5 Å². The van der Waals surface area contributed by atoms with Gasteiger partial charge in [0.15, 0.2) is 0 Å². The van der Waals surface area contributed by atoms with Crippen LogP contribution in [-0.4, -0.2) is 15.7 Å². The van der Waals surface area contributed by atoms with Gasteiger partial charge in [-0.1, -0.05) is 41.6 Å². The highest BCUT2D eigenvalue weighted by Gasteiger charge is 2.19. The summed E-state index contributed by atoms with van der Waals surface area (Å²) in [5.74, 6) is 0.689. The number of benzene rings is 3. The van der Waals surface area contributed by atoms with E-state index < -0.39 is 4.92 Å². The Morgan fingerprint density at radius 3 is 2.65 bits per heavy atom. The summed E-state index contributed by atoms with van der Waals surface area (Å²) in [7, 11) is 0. The molecule has 0 unspecified atom stereocenters. The van der Waals surface area contributed by atoms with Gasteiger partial charge in [-0.2, -0.15) is 0 Å². The normalized spacial score (nSPS) is 13.8. The topological polar surface area (TPSA) is 80.4 Å². The van der Waals surface area contributed by atoms with Crippen LogP contribution in [0.5, 0.6) is 0 Å². The van der Waals surface area contributed by atoms with Crippen LogP contribution in [0.2, 0.25) is 5.02 Å². The number of anilines is 1. The molecule has 0 amide bonds. The average Bonchev–Trinajstić information content (AvgIpc) is 3.18. The van der Waals surface area contributed by atoms with Crippen molar-refractivity contribution >= 4 is 57.0 Å². The molecule has 0 aliphatic carbocycles. The fourth-order valence-electron chi connectivity index (χ4n) is 3.14. The highest BCUT2D eigenvalue weighted by atomic mass is 35.5. The number of aliphatic imine (C=N–C) groups is 1. The highest BCUT2D eigenvalue weighted by Crippen LogP contribution is 2.40. The number of hydrogen-bond acceptors (Lipinski definition) is 6. The van der Waals surface area contributed by atoms with Gasteiger partial charge in [0.1, 0.15) is 5.84 Å². The minimum atomic E-state index is -0.417. The maximum absolute atomic E-state index is 10.9. The fraction of sp³-hybridized carbons (Fsp3) is 0. The number of rotatable bonds is 3. The SMILES string of the molecule is O=[N+]([O-])c1ccc(-c2csc(/N=C3\Nc4cc(Cl)ccc4Sc4ccccc43)n2)cc1. The number of amidine groups is 1. The van der Waals surface area contributed by atoms with Crippen LogP contribution in [0.15, 0.2) is 86.9 Å². The average molecular weight is 465 g/mol. The quantitative estimate of drug-likeness (QED) is 0.260. The molecule has 1 aromatic heterocycles. The van der Waals surface area contributed by atoms with E-state index in [4.69, 9.17) is 16.6 Å². The fourth-order valence-corrected chi connectivity index (χ4v) is 5.03. The monoisotopic (exact) mass is 464 g/mol. The van der Waals surface area contributed by atoms with Crippen LogP contribution in [0.4, 0.5) is 16.5 Å². The number of hydrogen-bond donors (Lipinski definition) is 1. The van der Waals surface area contributed by atoms with E-state index in [1.54, 1.807) is 23.9 Å². The summed E-state index contributed by atoms with van der Waals surface area (Å²) in [5.41, 5.74) is 3.44. The third-order valence-electron chi connectivity index (χ3n) is 4.63. The van der Waals surface area contributed by atoms with Crippen molar-refractivity contribution in [3.8, 4) is 11.3 Å². The Morgan fingerprint density at radius 2 is 1.84 bits per heavy atom. The van der Waals surface area contributed by atoms with Gasteiger partial charge in [0.2, 0.25) is 5.13 Å². The van der Waals surface area contributed by atoms with Gasteiger partial charge < -0.3 is 5.32 Å². The largest absolute Gasteiger partial charge is 0.339 e. The van der Waals surface area contributed by atoms with Crippen molar-refractivity contribution in [2.24, 2.45) is 4.99 Å². The van der Waals surface area contributed by atoms with E-state index in [9.17, 15) is 10.1 Å². The molecule has 0 fully saturated rings. The van der Waals surface area contributed by atoms with Crippen LogP contribution in [-0.2, 0) is 0 Å². The summed E-state index contributed by atoms with van der Waals surface area (Å²) in [6, 6.07) is 20.1. The third kappa shape index (κ3) is 4.05. The van der Waals surface area contributed by atoms with Gasteiger partial charge in [0.25, 0.3) is 5.69 Å². The number of nitrogens with one attached hydrogen (secondary N) is 1. The van der Waals surface area contributed by atoms with Crippen LogP contribution in [0, 0.1) is 10.1 Å². The van der Waals surface area contributed by atoms with Crippen LogP contribution >= 0.6 is 34.7 Å². The Kier molecular flexibility index (Phi) is 5.19. The van der Waals surface area contributed by atoms with Crippen molar-refractivity contribution in [3.63, 3.8) is 0 Å². The van der Waals surface area contributed by atoms with E-state index >= 15 is 0 Å². The molecule has 1 aliphatic rings. The van der Waals surface area contributed by atoms with E-state index in [0.717, 1.165) is 32.3 Å². The van der Waals surface area contributed by atoms with Crippen molar-refractivity contribution in [2.75, 3.05) is 5.32 Å². The standard InChI is InChI=1S/C22H13ClN4O2S2/c23-14-7-10-20-17(11-14)24-21(16-3-1-2-4-19(16)31-20)26-22-25-18(12-30-22)13-5-8-15(9-6-13)27(28)29/h1-12H,(H,24,25,26). The maximum Gasteiger partial charge on any atom is 0.269 e. The summed E-state index contributed by atoms with van der Waals surface area (Å²) < 4.78 is 0. The molecule has 2 heterocycles. The van der Waals surface area contributed by atoms with E-state index in [1.807, 2.05) is 41.8 Å². The highest BCUT2D eigenvalue weighted by molar-refractivity contribution is 7.99. The van der Waals surface area contributed by atoms with Gasteiger partial charge in [0.05, 0.1) is 16.3 Å². The lowest BCUT2D eigenvalue weighted by Gasteiger charge is -2.09. The lowest BCUT2D eigenvalue weighted by atomic mass is 10.1. The molecule has 3 aromatic carbocycles. The number of fused-ring (bicyclic) bond motifs is 2. The van der Waals surface area contributed by atoms with Crippen molar-refractivity contribution in [1.82, 2.24) is 4.98 Å². The van der Waals surface area contributed by atoms with Crippen LogP contribution in [0.25, 0.3) is 11.3 Å². The van der Waals surface area contributed by atoms with Crippen molar-refractivity contribution in [2.45, 2.75) is 9.79 Å². The molecule has 152 valence electrons. The van der Waals surface area contributed by atoms with Gasteiger partial charge in [-0.3, -0.25) is 10.1 Å². The minimum absolute atomic E-state index is 0.0496. The smallest absolute Gasteiger partial charge is 0.269 e. The second kappa shape index (κ2) is 8.14. The zero-order valence-electron chi connectivity index (χ0n) is 15.8. The zero-order valence-corrected chi connectivity index (χ0v) is 18.2. The first-order valence-corrected chi connectivity index (χ1v) is 11.3. The molecule has 31 heavy (non-hydrogen) atoms. The molecule has 4 aromatic rings. The van der Waals surface area contributed by atoms with Crippen molar-refractivity contribution in [3.05, 3.63) is 92.8 Å². The van der Waals surface area contributed by atoms with Crippen LogP contribution < -0.4 is 5.32 Å². The lowest BCUT2D eigenvalue weighted by molar-refractivity contribution is -0.384. The summed E-state index contributed by atoms with van der Waals surface area (Å²) >= 11 is 9.28. The molecule has 5 rings (SSSR count).